The highest BCUT2D eigenvalue weighted by atomic mass is 16.5. The summed E-state index contributed by atoms with van der Waals surface area (Å²) in [5.74, 6) is -0.0969. The van der Waals surface area contributed by atoms with Gasteiger partial charge >= 0.3 is 0 Å². The predicted octanol–water partition coefficient (Wildman–Crippen LogP) is -0.220. The Balaban J connectivity index is 3.09. The van der Waals surface area contributed by atoms with E-state index < -0.39 is 0 Å². The molecule has 2 N–H and O–H groups in total. The Morgan fingerprint density at radius 2 is 1.56 bits per heavy atom. The average Bonchev–Trinajstić information content (AvgIpc) is 2.30. The quantitative estimate of drug-likeness (QED) is 0.476. The van der Waals surface area contributed by atoms with Crippen molar-refractivity contribution in [1.82, 2.24) is 10.6 Å². The molecule has 0 bridgehead atoms. The van der Waals surface area contributed by atoms with Crippen LogP contribution in [-0.4, -0.2) is 65.2 Å². The molecule has 0 unspecified atom stereocenters. The smallest absolute Gasteiger partial charge is 0.246 e. The van der Waals surface area contributed by atoms with E-state index >= 15 is 0 Å². The zero-order chi connectivity index (χ0) is 13.6. The summed E-state index contributed by atoms with van der Waals surface area (Å²) in [5, 5.41) is 5.73. The first-order valence-corrected chi connectivity index (χ1v) is 6.34. The summed E-state index contributed by atoms with van der Waals surface area (Å²) in [4.78, 5) is 11.2. The average molecular weight is 262 g/mol. The summed E-state index contributed by atoms with van der Waals surface area (Å²) in [7, 11) is 1.88. The predicted molar refractivity (Wildman–Crippen MR) is 69.7 cm³/mol. The first kappa shape index (κ1) is 17.3. The van der Waals surface area contributed by atoms with Crippen LogP contribution in [0.5, 0.6) is 0 Å². The van der Waals surface area contributed by atoms with Crippen molar-refractivity contribution >= 4 is 5.91 Å². The molecule has 0 aliphatic rings. The Morgan fingerprint density at radius 1 is 1.00 bits per heavy atom. The number of carbonyl (C=O) groups is 1. The molecule has 18 heavy (non-hydrogen) atoms. The first-order chi connectivity index (χ1) is 8.66. The number of nitrogens with one attached hydrogen (secondary N) is 2. The van der Waals surface area contributed by atoms with Gasteiger partial charge in [-0.15, -0.1) is 0 Å². The fraction of sp³-hybridized carbons (Fsp3) is 0.917. The second-order valence-corrected chi connectivity index (χ2v) is 4.10. The Morgan fingerprint density at radius 3 is 2.11 bits per heavy atom. The van der Waals surface area contributed by atoms with E-state index in [2.05, 4.69) is 10.6 Å². The maximum Gasteiger partial charge on any atom is 0.246 e. The molecule has 0 aromatic carbocycles. The van der Waals surface area contributed by atoms with Gasteiger partial charge in [0.25, 0.3) is 0 Å². The van der Waals surface area contributed by atoms with Crippen LogP contribution >= 0.6 is 0 Å². The number of hydrogen-bond donors (Lipinski definition) is 2. The van der Waals surface area contributed by atoms with Gasteiger partial charge in [0, 0.05) is 12.6 Å². The molecule has 0 saturated carbocycles. The van der Waals surface area contributed by atoms with Gasteiger partial charge in [-0.1, -0.05) is 0 Å². The van der Waals surface area contributed by atoms with Gasteiger partial charge in [0.1, 0.15) is 6.61 Å². The van der Waals surface area contributed by atoms with Crippen LogP contribution in [0, 0.1) is 0 Å². The topological polar surface area (TPSA) is 68.8 Å². The van der Waals surface area contributed by atoms with E-state index in [-0.39, 0.29) is 18.6 Å². The summed E-state index contributed by atoms with van der Waals surface area (Å²) in [6, 6.07) is 0.145. The van der Waals surface area contributed by atoms with Crippen molar-refractivity contribution in [3.63, 3.8) is 0 Å². The zero-order valence-electron chi connectivity index (χ0n) is 11.7. The molecule has 0 fully saturated rings. The molecule has 0 aliphatic carbocycles. The first-order valence-electron chi connectivity index (χ1n) is 6.34. The summed E-state index contributed by atoms with van der Waals surface area (Å²) >= 11 is 0. The maximum absolute atomic E-state index is 11.2. The van der Waals surface area contributed by atoms with Gasteiger partial charge in [-0.25, -0.2) is 0 Å². The second kappa shape index (κ2) is 12.8. The molecule has 1 amide bonds. The standard InChI is InChI=1S/C12H26N2O4/c1-11(2)14-12(15)10-18-9-8-17-7-6-16-5-4-13-3/h11,13H,4-10H2,1-3H3,(H,14,15). The maximum atomic E-state index is 11.2. The lowest BCUT2D eigenvalue weighted by molar-refractivity contribution is -0.126. The third kappa shape index (κ3) is 13.4. The van der Waals surface area contributed by atoms with Crippen LogP contribution in [-0.2, 0) is 19.0 Å². The molecule has 6 heteroatoms. The van der Waals surface area contributed by atoms with Gasteiger partial charge in [-0.2, -0.15) is 0 Å². The van der Waals surface area contributed by atoms with Crippen molar-refractivity contribution in [2.24, 2.45) is 0 Å². The second-order valence-electron chi connectivity index (χ2n) is 4.10. The van der Waals surface area contributed by atoms with Gasteiger partial charge in [0.2, 0.25) is 5.91 Å². The molecule has 0 aromatic heterocycles. The van der Waals surface area contributed by atoms with Crippen LogP contribution in [0.1, 0.15) is 13.8 Å². The molecule has 0 rings (SSSR count). The molecule has 0 aromatic rings. The van der Waals surface area contributed by atoms with Crippen LogP contribution in [0.4, 0.5) is 0 Å². The lowest BCUT2D eigenvalue weighted by Gasteiger charge is -2.09. The van der Waals surface area contributed by atoms with E-state index in [4.69, 9.17) is 14.2 Å². The Labute approximate surface area is 109 Å². The van der Waals surface area contributed by atoms with E-state index in [0.717, 1.165) is 6.54 Å². The molecule has 0 radical (unpaired) electrons. The van der Waals surface area contributed by atoms with Crippen LogP contribution in [0.15, 0.2) is 0 Å². The van der Waals surface area contributed by atoms with Gasteiger partial charge in [-0.05, 0) is 20.9 Å². The third-order valence-corrected chi connectivity index (χ3v) is 1.92. The third-order valence-electron chi connectivity index (χ3n) is 1.92. The van der Waals surface area contributed by atoms with Crippen molar-refractivity contribution < 1.29 is 19.0 Å². The number of amides is 1. The molecule has 0 spiro atoms. The van der Waals surface area contributed by atoms with Crippen molar-refractivity contribution in [3.05, 3.63) is 0 Å². The molecule has 0 aliphatic heterocycles. The van der Waals surface area contributed by atoms with Gasteiger partial charge in [0.05, 0.1) is 33.0 Å². The summed E-state index contributed by atoms with van der Waals surface area (Å²) < 4.78 is 15.7. The molecular weight excluding hydrogens is 236 g/mol. The van der Waals surface area contributed by atoms with E-state index in [1.807, 2.05) is 20.9 Å². The number of likely N-dealkylation sites (N-methyl/N-ethyl adjacent to an activating group) is 1. The van der Waals surface area contributed by atoms with Crippen molar-refractivity contribution in [2.45, 2.75) is 19.9 Å². The van der Waals surface area contributed by atoms with E-state index in [9.17, 15) is 4.79 Å². The molecule has 6 nitrogen and oxygen atoms in total. The minimum absolute atomic E-state index is 0.0835. The van der Waals surface area contributed by atoms with Crippen LogP contribution in [0.3, 0.4) is 0 Å². The minimum Gasteiger partial charge on any atom is -0.378 e. The van der Waals surface area contributed by atoms with E-state index in [1.165, 1.54) is 0 Å². The van der Waals surface area contributed by atoms with Crippen LogP contribution in [0.2, 0.25) is 0 Å². The number of rotatable bonds is 12. The number of hydrogen-bond acceptors (Lipinski definition) is 5. The highest BCUT2D eigenvalue weighted by Crippen LogP contribution is 1.83. The molecule has 0 atom stereocenters. The molecular formula is C12H26N2O4. The fourth-order valence-corrected chi connectivity index (χ4v) is 1.14. The van der Waals surface area contributed by atoms with Crippen molar-refractivity contribution in [1.29, 1.82) is 0 Å². The molecule has 0 saturated heterocycles. The fourth-order valence-electron chi connectivity index (χ4n) is 1.14. The monoisotopic (exact) mass is 262 g/mol. The van der Waals surface area contributed by atoms with Gasteiger partial charge < -0.3 is 24.8 Å². The highest BCUT2D eigenvalue weighted by Gasteiger charge is 2.02. The number of ether oxygens (including phenoxy) is 3. The summed E-state index contributed by atoms with van der Waals surface area (Å²) in [6.07, 6.45) is 0. The lowest BCUT2D eigenvalue weighted by Crippen LogP contribution is -2.33. The lowest BCUT2D eigenvalue weighted by atomic mass is 10.4. The Bertz CT molecular complexity index is 201. The van der Waals surface area contributed by atoms with Crippen molar-refractivity contribution in [2.75, 3.05) is 53.2 Å². The molecule has 0 heterocycles. The van der Waals surface area contributed by atoms with Crippen LogP contribution < -0.4 is 10.6 Å². The van der Waals surface area contributed by atoms with E-state index in [0.29, 0.717) is 33.0 Å². The Kier molecular flexibility index (Phi) is 12.3. The van der Waals surface area contributed by atoms with E-state index in [1.54, 1.807) is 0 Å². The summed E-state index contributed by atoms with van der Waals surface area (Å²) in [5.41, 5.74) is 0. The largest absolute Gasteiger partial charge is 0.378 e. The summed E-state index contributed by atoms with van der Waals surface area (Å²) in [6.45, 7) is 7.46. The van der Waals surface area contributed by atoms with Gasteiger partial charge in [-0.3, -0.25) is 4.79 Å². The SMILES string of the molecule is CNCCOCCOCCOCC(=O)NC(C)C. The normalized spacial score (nSPS) is 10.9. The minimum atomic E-state index is -0.0969. The molecule has 108 valence electrons. The van der Waals surface area contributed by atoms with Crippen molar-refractivity contribution in [3.8, 4) is 0 Å². The number of carbonyl (C=O) groups excluding carboxylic acids is 1. The zero-order valence-corrected chi connectivity index (χ0v) is 11.7. The highest BCUT2D eigenvalue weighted by molar-refractivity contribution is 5.77. The Hall–Kier alpha value is -0.690. The van der Waals surface area contributed by atoms with Gasteiger partial charge in [0.15, 0.2) is 0 Å². The van der Waals surface area contributed by atoms with Crippen LogP contribution in [0.25, 0.3) is 0 Å².